The van der Waals surface area contributed by atoms with Gasteiger partial charge in [0.05, 0.1) is 23.3 Å². The Morgan fingerprint density at radius 3 is 2.51 bits per heavy atom. The van der Waals surface area contributed by atoms with Gasteiger partial charge in [-0.2, -0.15) is 4.98 Å². The molecule has 13 heteroatoms. The van der Waals surface area contributed by atoms with Crippen molar-refractivity contribution in [1.29, 1.82) is 0 Å². The molecule has 39 heavy (non-hydrogen) atoms. The average molecular weight is 540 g/mol. The number of hydrogen-bond donors (Lipinski definition) is 2. The summed E-state index contributed by atoms with van der Waals surface area (Å²) in [6.45, 7) is 3.05. The number of aryl methyl sites for hydroxylation is 1. The molecule has 2 aliphatic heterocycles. The predicted molar refractivity (Wildman–Crippen MR) is 134 cm³/mol. The highest BCUT2D eigenvalue weighted by Crippen LogP contribution is 2.31. The van der Waals surface area contributed by atoms with Crippen molar-refractivity contribution in [2.24, 2.45) is 0 Å². The van der Waals surface area contributed by atoms with E-state index in [2.05, 4.69) is 20.1 Å². The maximum absolute atomic E-state index is 15.2. The fourth-order valence-electron chi connectivity index (χ4n) is 5.39. The number of hydrogen-bond acceptors (Lipinski definition) is 9. The largest absolute Gasteiger partial charge is 0.388 e. The average Bonchev–Trinajstić information content (AvgIpc) is 3.62. The van der Waals surface area contributed by atoms with Crippen molar-refractivity contribution < 1.29 is 28.3 Å². The summed E-state index contributed by atoms with van der Waals surface area (Å²) in [6.07, 6.45) is 2.20. The second-order valence-electron chi connectivity index (χ2n) is 10.1. The van der Waals surface area contributed by atoms with Crippen molar-refractivity contribution in [2.75, 3.05) is 31.1 Å². The Labute approximate surface area is 221 Å². The van der Waals surface area contributed by atoms with Gasteiger partial charge in [0.15, 0.2) is 5.82 Å². The number of rotatable bonds is 5. The standard InChI is InChI=1S/C26H27F2N7O4/c1-14-31-26(32-39-14)33-6-4-17(5-7-33)35-10-19(28)23-20(29-13-30-24(23)35)9-15-2-3-16(8-18(15)27)25(38)34-11-21(36)22(37)12-34/h2-3,8,10,13,17,21-22,36-37H,4-7,9,11-12H2,1H3/t21-,22-/m1/s1. The zero-order valence-corrected chi connectivity index (χ0v) is 21.2. The highest BCUT2D eigenvalue weighted by molar-refractivity contribution is 5.94. The first kappa shape index (κ1) is 25.3. The second kappa shape index (κ2) is 9.97. The van der Waals surface area contributed by atoms with Crippen molar-refractivity contribution in [3.63, 3.8) is 0 Å². The molecule has 2 saturated heterocycles. The van der Waals surface area contributed by atoms with Gasteiger partial charge in [-0.05, 0) is 35.7 Å². The number of likely N-dealkylation sites (tertiary alicyclic amines) is 1. The quantitative estimate of drug-likeness (QED) is 0.391. The summed E-state index contributed by atoms with van der Waals surface area (Å²) >= 11 is 0. The third-order valence-electron chi connectivity index (χ3n) is 7.50. The summed E-state index contributed by atoms with van der Waals surface area (Å²) in [5.74, 6) is -0.542. The molecule has 2 aliphatic rings. The number of β-amino-alcohol motifs (C(OH)–C–C–N with tert-alkyl or cyclic N) is 2. The molecule has 0 saturated carbocycles. The number of aromatic nitrogens is 5. The van der Waals surface area contributed by atoms with E-state index >= 15 is 8.78 Å². The van der Waals surface area contributed by atoms with E-state index in [1.54, 1.807) is 6.92 Å². The van der Waals surface area contributed by atoms with Gasteiger partial charge in [0.1, 0.15) is 17.8 Å². The molecule has 0 radical (unpaired) electrons. The number of carbonyl (C=O) groups is 1. The summed E-state index contributed by atoms with van der Waals surface area (Å²) in [4.78, 5) is 28.9. The molecule has 204 valence electrons. The van der Waals surface area contributed by atoms with Crippen LogP contribution in [0.4, 0.5) is 14.7 Å². The number of amides is 1. The first-order valence-corrected chi connectivity index (χ1v) is 12.8. The Kier molecular flexibility index (Phi) is 6.47. The lowest BCUT2D eigenvalue weighted by Gasteiger charge is -2.31. The highest BCUT2D eigenvalue weighted by Gasteiger charge is 2.33. The van der Waals surface area contributed by atoms with Crippen LogP contribution in [0.3, 0.4) is 0 Å². The molecule has 2 N–H and O–H groups in total. The predicted octanol–water partition coefficient (Wildman–Crippen LogP) is 2.01. The van der Waals surface area contributed by atoms with E-state index < -0.39 is 29.7 Å². The summed E-state index contributed by atoms with van der Waals surface area (Å²) in [7, 11) is 0. The summed E-state index contributed by atoms with van der Waals surface area (Å²) in [6, 6.07) is 4.09. The van der Waals surface area contributed by atoms with Gasteiger partial charge < -0.3 is 29.1 Å². The van der Waals surface area contributed by atoms with Crippen LogP contribution in [-0.2, 0) is 6.42 Å². The summed E-state index contributed by atoms with van der Waals surface area (Å²) in [5, 5.41) is 23.6. The maximum atomic E-state index is 15.2. The number of piperidine rings is 1. The van der Waals surface area contributed by atoms with Gasteiger partial charge in [-0.1, -0.05) is 6.07 Å². The number of halogens is 2. The molecule has 0 spiro atoms. The van der Waals surface area contributed by atoms with Crippen molar-refractivity contribution in [1.82, 2.24) is 29.6 Å². The van der Waals surface area contributed by atoms with E-state index in [-0.39, 0.29) is 42.1 Å². The van der Waals surface area contributed by atoms with Crippen LogP contribution < -0.4 is 4.90 Å². The van der Waals surface area contributed by atoms with Gasteiger partial charge in [-0.25, -0.2) is 18.7 Å². The molecule has 0 unspecified atom stereocenters. The zero-order chi connectivity index (χ0) is 27.3. The van der Waals surface area contributed by atoms with Crippen LogP contribution in [-0.4, -0.2) is 84.1 Å². The molecule has 6 rings (SSSR count). The van der Waals surface area contributed by atoms with Gasteiger partial charge in [-0.15, -0.1) is 0 Å². The van der Waals surface area contributed by atoms with E-state index in [1.807, 2.05) is 9.47 Å². The zero-order valence-electron chi connectivity index (χ0n) is 21.2. The second-order valence-corrected chi connectivity index (χ2v) is 10.1. The third-order valence-corrected chi connectivity index (χ3v) is 7.50. The molecule has 11 nitrogen and oxygen atoms in total. The Balaban J connectivity index is 1.20. The number of aliphatic hydroxyl groups is 2. The normalized spacial score (nSPS) is 20.3. The van der Waals surface area contributed by atoms with Crippen LogP contribution in [0.2, 0.25) is 0 Å². The Morgan fingerprint density at radius 2 is 1.85 bits per heavy atom. The number of anilines is 1. The molecule has 4 aromatic rings. The minimum Gasteiger partial charge on any atom is -0.388 e. The van der Waals surface area contributed by atoms with Gasteiger partial charge in [0, 0.05) is 57.3 Å². The van der Waals surface area contributed by atoms with E-state index in [0.29, 0.717) is 36.3 Å². The van der Waals surface area contributed by atoms with Crippen LogP contribution in [0, 0.1) is 18.6 Å². The highest BCUT2D eigenvalue weighted by atomic mass is 19.1. The first-order valence-electron chi connectivity index (χ1n) is 12.8. The molecule has 1 aromatic carbocycles. The van der Waals surface area contributed by atoms with Crippen LogP contribution in [0.1, 0.15) is 46.4 Å². The Hall–Kier alpha value is -3.97. The first-order chi connectivity index (χ1) is 18.8. The Bertz CT molecular complexity index is 1520. The van der Waals surface area contributed by atoms with Crippen molar-refractivity contribution in [2.45, 2.75) is 44.4 Å². The summed E-state index contributed by atoms with van der Waals surface area (Å²) < 4.78 is 37.2. The molecule has 5 heterocycles. The topological polar surface area (TPSA) is 134 Å². The lowest BCUT2D eigenvalue weighted by molar-refractivity contribution is 0.0572. The van der Waals surface area contributed by atoms with E-state index in [0.717, 1.165) is 18.9 Å². The molecule has 1 amide bonds. The fourth-order valence-corrected chi connectivity index (χ4v) is 5.39. The van der Waals surface area contributed by atoms with Gasteiger partial charge in [-0.3, -0.25) is 4.79 Å². The summed E-state index contributed by atoms with van der Waals surface area (Å²) in [5.41, 5.74) is 1.15. The van der Waals surface area contributed by atoms with Crippen molar-refractivity contribution >= 4 is 22.9 Å². The fraction of sp³-hybridized carbons (Fsp3) is 0.423. The lowest BCUT2D eigenvalue weighted by atomic mass is 10.0. The maximum Gasteiger partial charge on any atom is 0.266 e. The minimum absolute atomic E-state index is 0.00801. The number of benzene rings is 1. The molecular weight excluding hydrogens is 512 g/mol. The monoisotopic (exact) mass is 539 g/mol. The number of carbonyl (C=O) groups excluding carboxylic acids is 1. The van der Waals surface area contributed by atoms with Crippen LogP contribution in [0.5, 0.6) is 0 Å². The van der Waals surface area contributed by atoms with Crippen molar-refractivity contribution in [3.05, 3.63) is 65.1 Å². The third kappa shape index (κ3) is 4.72. The van der Waals surface area contributed by atoms with Crippen LogP contribution in [0.15, 0.2) is 35.2 Å². The lowest BCUT2D eigenvalue weighted by Crippen LogP contribution is -2.35. The molecule has 3 aromatic heterocycles. The number of fused-ring (bicyclic) bond motifs is 1. The molecule has 0 bridgehead atoms. The number of nitrogens with zero attached hydrogens (tertiary/aromatic N) is 7. The molecule has 2 atom stereocenters. The van der Waals surface area contributed by atoms with Gasteiger partial charge in [0.2, 0.25) is 5.89 Å². The Morgan fingerprint density at radius 1 is 1.10 bits per heavy atom. The molecule has 2 fully saturated rings. The molecular formula is C26H27F2N7O4. The van der Waals surface area contributed by atoms with E-state index in [1.165, 1.54) is 29.6 Å². The number of aliphatic hydroxyl groups excluding tert-OH is 2. The van der Waals surface area contributed by atoms with Crippen LogP contribution >= 0.6 is 0 Å². The van der Waals surface area contributed by atoms with Crippen LogP contribution in [0.25, 0.3) is 11.0 Å². The van der Waals surface area contributed by atoms with Gasteiger partial charge in [0.25, 0.3) is 11.9 Å². The minimum atomic E-state index is -1.03. The van der Waals surface area contributed by atoms with Gasteiger partial charge >= 0.3 is 0 Å². The smallest absolute Gasteiger partial charge is 0.266 e. The molecule has 0 aliphatic carbocycles. The van der Waals surface area contributed by atoms with E-state index in [4.69, 9.17) is 4.52 Å². The van der Waals surface area contributed by atoms with E-state index in [9.17, 15) is 15.0 Å². The SMILES string of the molecule is Cc1nc(N2CCC(n3cc(F)c4c(Cc5ccc(C(=O)N6C[C@@H](O)[C@H](O)C6)cc5F)ncnc43)CC2)no1. The van der Waals surface area contributed by atoms with Crippen molar-refractivity contribution in [3.8, 4) is 0 Å².